The van der Waals surface area contributed by atoms with E-state index < -0.39 is 0 Å². The first-order valence-corrected chi connectivity index (χ1v) is 7.55. The summed E-state index contributed by atoms with van der Waals surface area (Å²) in [6, 6.07) is 7.86. The molecule has 3 rings (SSSR count). The van der Waals surface area contributed by atoms with E-state index >= 15 is 0 Å². The fraction of sp³-hybridized carbons (Fsp3) is 0.154. The van der Waals surface area contributed by atoms with Crippen LogP contribution in [-0.4, -0.2) is 29.3 Å². The molecule has 0 aliphatic rings. The van der Waals surface area contributed by atoms with Crippen LogP contribution in [0.1, 0.15) is 0 Å². The first-order chi connectivity index (χ1) is 9.80. The van der Waals surface area contributed by atoms with Gasteiger partial charge in [-0.3, -0.25) is 0 Å². The van der Waals surface area contributed by atoms with Crippen molar-refractivity contribution in [3.8, 4) is 26.2 Å². The Morgan fingerprint density at radius 1 is 1.05 bits per heavy atom. The summed E-state index contributed by atoms with van der Waals surface area (Å²) in [4.78, 5) is 5.47. The van der Waals surface area contributed by atoms with Gasteiger partial charge in [0.25, 0.3) is 0 Å². The number of hydrogen-bond donors (Lipinski definition) is 1. The van der Waals surface area contributed by atoms with Crippen molar-refractivity contribution in [1.29, 1.82) is 0 Å². The third kappa shape index (κ3) is 2.50. The molecule has 0 radical (unpaired) electrons. The van der Waals surface area contributed by atoms with Gasteiger partial charge in [0.05, 0.1) is 12.0 Å². The molecule has 7 heteroatoms. The van der Waals surface area contributed by atoms with E-state index in [-0.39, 0.29) is 0 Å². The molecule has 0 atom stereocenters. The van der Waals surface area contributed by atoms with E-state index in [9.17, 15) is 0 Å². The van der Waals surface area contributed by atoms with Gasteiger partial charge in [0.1, 0.15) is 10.8 Å². The van der Waals surface area contributed by atoms with E-state index in [0.717, 1.165) is 31.3 Å². The van der Waals surface area contributed by atoms with Gasteiger partial charge in [-0.15, -0.1) is 21.5 Å². The van der Waals surface area contributed by atoms with Crippen molar-refractivity contribution in [2.75, 3.05) is 19.5 Å². The van der Waals surface area contributed by atoms with Gasteiger partial charge >= 0.3 is 0 Å². The lowest BCUT2D eigenvalue weighted by atomic mass is 10.2. The Hall–Kier alpha value is -1.99. The first-order valence-electron chi connectivity index (χ1n) is 5.92. The number of nitrogens with zero attached hydrogens (tertiary/aromatic N) is 3. The van der Waals surface area contributed by atoms with Crippen LogP contribution in [0.2, 0.25) is 0 Å². The summed E-state index contributed by atoms with van der Waals surface area (Å²) >= 11 is 3.12. The van der Waals surface area contributed by atoms with Crippen molar-refractivity contribution in [3.05, 3.63) is 30.5 Å². The van der Waals surface area contributed by atoms with Gasteiger partial charge in [-0.1, -0.05) is 11.3 Å². The average molecular weight is 304 g/mol. The van der Waals surface area contributed by atoms with Crippen LogP contribution < -0.4 is 10.1 Å². The second kappa shape index (κ2) is 5.56. The number of benzene rings is 1. The lowest BCUT2D eigenvalue weighted by Crippen LogP contribution is -1.84. The third-order valence-electron chi connectivity index (χ3n) is 2.69. The fourth-order valence-electron chi connectivity index (χ4n) is 1.66. The Bertz CT molecular complexity index is 705. The molecule has 102 valence electrons. The molecule has 0 spiro atoms. The van der Waals surface area contributed by atoms with Crippen molar-refractivity contribution in [2.45, 2.75) is 0 Å². The summed E-state index contributed by atoms with van der Waals surface area (Å²) in [5.74, 6) is 0.841. The van der Waals surface area contributed by atoms with Gasteiger partial charge in [0.2, 0.25) is 5.13 Å². The zero-order chi connectivity index (χ0) is 13.9. The van der Waals surface area contributed by atoms with Crippen LogP contribution in [0.15, 0.2) is 30.5 Å². The monoisotopic (exact) mass is 304 g/mol. The number of nitrogens with one attached hydrogen (secondary N) is 1. The maximum atomic E-state index is 5.15. The second-order valence-corrected chi connectivity index (χ2v) is 5.93. The summed E-state index contributed by atoms with van der Waals surface area (Å²) in [6.07, 6.45) is 1.84. The Balaban J connectivity index is 1.88. The normalized spacial score (nSPS) is 10.5. The number of methoxy groups -OCH3 is 1. The lowest BCUT2D eigenvalue weighted by molar-refractivity contribution is 0.415. The molecule has 0 aliphatic heterocycles. The van der Waals surface area contributed by atoms with Gasteiger partial charge in [-0.25, -0.2) is 4.98 Å². The smallest absolute Gasteiger partial charge is 0.205 e. The Morgan fingerprint density at radius 3 is 2.50 bits per heavy atom. The number of hydrogen-bond acceptors (Lipinski definition) is 7. The summed E-state index contributed by atoms with van der Waals surface area (Å²) in [6.45, 7) is 0. The molecule has 5 nitrogen and oxygen atoms in total. The van der Waals surface area contributed by atoms with Crippen molar-refractivity contribution in [1.82, 2.24) is 15.2 Å². The summed E-state index contributed by atoms with van der Waals surface area (Å²) in [5.41, 5.74) is 1.07. The molecule has 1 aromatic carbocycles. The largest absolute Gasteiger partial charge is 0.497 e. The second-order valence-electron chi connectivity index (χ2n) is 3.92. The minimum Gasteiger partial charge on any atom is -0.497 e. The summed E-state index contributed by atoms with van der Waals surface area (Å²) < 4.78 is 5.15. The molecule has 0 bridgehead atoms. The zero-order valence-corrected chi connectivity index (χ0v) is 12.6. The highest BCUT2D eigenvalue weighted by molar-refractivity contribution is 7.24. The van der Waals surface area contributed by atoms with Gasteiger partial charge in [-0.05, 0) is 24.3 Å². The van der Waals surface area contributed by atoms with Gasteiger partial charge < -0.3 is 10.1 Å². The minimum atomic E-state index is 0.805. The van der Waals surface area contributed by atoms with Crippen molar-refractivity contribution >= 4 is 27.8 Å². The Kier molecular flexibility index (Phi) is 3.62. The minimum absolute atomic E-state index is 0.805. The van der Waals surface area contributed by atoms with Crippen LogP contribution in [0.3, 0.4) is 0 Å². The van der Waals surface area contributed by atoms with Crippen LogP contribution in [0.25, 0.3) is 20.5 Å². The molecule has 1 N–H and O–H groups in total. The van der Waals surface area contributed by atoms with Crippen molar-refractivity contribution < 1.29 is 4.74 Å². The number of rotatable bonds is 4. The molecule has 20 heavy (non-hydrogen) atoms. The molecule has 2 heterocycles. The quantitative estimate of drug-likeness (QED) is 0.800. The molecular weight excluding hydrogens is 292 g/mol. The molecule has 0 unspecified atom stereocenters. The number of thiazole rings is 1. The van der Waals surface area contributed by atoms with Gasteiger partial charge in [0, 0.05) is 18.8 Å². The maximum absolute atomic E-state index is 5.15. The molecular formula is C13H12N4OS2. The van der Waals surface area contributed by atoms with Gasteiger partial charge in [0.15, 0.2) is 5.01 Å². The molecule has 0 saturated heterocycles. The van der Waals surface area contributed by atoms with Crippen LogP contribution in [0.5, 0.6) is 5.75 Å². The van der Waals surface area contributed by atoms with Crippen LogP contribution >= 0.6 is 22.7 Å². The number of aromatic nitrogens is 3. The molecule has 0 fully saturated rings. The van der Waals surface area contributed by atoms with E-state index in [2.05, 4.69) is 20.5 Å². The highest BCUT2D eigenvalue weighted by Crippen LogP contribution is 2.34. The lowest BCUT2D eigenvalue weighted by Gasteiger charge is -1.99. The number of ether oxygens (including phenoxy) is 1. The molecule has 0 saturated carbocycles. The molecule has 3 aromatic rings. The van der Waals surface area contributed by atoms with E-state index in [0.29, 0.717) is 0 Å². The maximum Gasteiger partial charge on any atom is 0.205 e. The number of anilines is 1. The Labute approximate surface area is 124 Å². The van der Waals surface area contributed by atoms with Crippen LogP contribution in [-0.2, 0) is 0 Å². The summed E-state index contributed by atoms with van der Waals surface area (Å²) in [5, 5.41) is 13.8. The van der Waals surface area contributed by atoms with E-state index in [1.807, 2.05) is 37.5 Å². The average Bonchev–Trinajstić information content (AvgIpc) is 3.16. The van der Waals surface area contributed by atoms with E-state index in [1.54, 1.807) is 18.4 Å². The molecule has 2 aromatic heterocycles. The van der Waals surface area contributed by atoms with Crippen molar-refractivity contribution in [3.63, 3.8) is 0 Å². The highest BCUT2D eigenvalue weighted by atomic mass is 32.1. The van der Waals surface area contributed by atoms with E-state index in [1.165, 1.54) is 11.3 Å². The zero-order valence-electron chi connectivity index (χ0n) is 11.0. The predicted molar refractivity (Wildman–Crippen MR) is 82.6 cm³/mol. The standard InChI is InChI=1S/C13H12N4OS2/c1-14-13-17-16-12(20-13)10-7-15-11(19-10)8-3-5-9(18-2)6-4-8/h3-7H,1-2H3,(H,14,17). The fourth-order valence-corrected chi connectivity index (χ4v) is 3.32. The SMILES string of the molecule is CNc1nnc(-c2cnc(-c3ccc(OC)cc3)s2)s1. The molecule has 0 aliphatic carbocycles. The third-order valence-corrected chi connectivity index (χ3v) is 4.85. The first kappa shape index (κ1) is 13.0. The topological polar surface area (TPSA) is 59.9 Å². The summed E-state index contributed by atoms with van der Waals surface area (Å²) in [7, 11) is 3.49. The van der Waals surface area contributed by atoms with Crippen LogP contribution in [0.4, 0.5) is 5.13 Å². The predicted octanol–water partition coefficient (Wildman–Crippen LogP) is 3.38. The Morgan fingerprint density at radius 2 is 1.85 bits per heavy atom. The molecule has 0 amide bonds. The van der Waals surface area contributed by atoms with E-state index in [4.69, 9.17) is 4.74 Å². The van der Waals surface area contributed by atoms with Crippen LogP contribution in [0, 0.1) is 0 Å². The highest BCUT2D eigenvalue weighted by Gasteiger charge is 2.11. The van der Waals surface area contributed by atoms with Crippen molar-refractivity contribution in [2.24, 2.45) is 0 Å². The van der Waals surface area contributed by atoms with Gasteiger partial charge in [-0.2, -0.15) is 0 Å².